The smallest absolute Gasteiger partial charge is 0.462 e. The zero-order valence-corrected chi connectivity index (χ0v) is 69.6. The summed E-state index contributed by atoms with van der Waals surface area (Å²) in [6.07, 6.45) is 101. The van der Waals surface area contributed by atoms with Gasteiger partial charge in [-0.05, 0) is 167 Å². The molecule has 0 saturated heterocycles. The molecule has 5 unspecified atom stereocenters. The van der Waals surface area contributed by atoms with Crippen LogP contribution in [0.1, 0.15) is 285 Å². The first-order chi connectivity index (χ1) is 53.7. The van der Waals surface area contributed by atoms with Gasteiger partial charge in [0.25, 0.3) is 0 Å². The van der Waals surface area contributed by atoms with Gasteiger partial charge in [0.05, 0.1) is 26.4 Å². The van der Waals surface area contributed by atoms with E-state index in [1.807, 2.05) is 36.5 Å². The number of phosphoric acid groups is 2. The highest BCUT2D eigenvalue weighted by molar-refractivity contribution is 7.47. The Morgan fingerprint density at radius 1 is 0.264 bits per heavy atom. The summed E-state index contributed by atoms with van der Waals surface area (Å²) in [7, 11) is -10.0. The third kappa shape index (κ3) is 79.7. The zero-order chi connectivity index (χ0) is 80.3. The van der Waals surface area contributed by atoms with Gasteiger partial charge in [0, 0.05) is 25.7 Å². The van der Waals surface area contributed by atoms with Crippen LogP contribution in [0.3, 0.4) is 0 Å². The molecule has 17 nitrogen and oxygen atoms in total. The largest absolute Gasteiger partial charge is 0.472 e. The van der Waals surface area contributed by atoms with Crippen molar-refractivity contribution in [3.63, 3.8) is 0 Å². The van der Waals surface area contributed by atoms with Gasteiger partial charge < -0.3 is 33.8 Å². The van der Waals surface area contributed by atoms with E-state index in [4.69, 9.17) is 37.0 Å². The van der Waals surface area contributed by atoms with E-state index in [2.05, 4.69) is 198 Å². The van der Waals surface area contributed by atoms with Crippen LogP contribution in [0.15, 0.2) is 207 Å². The molecule has 0 saturated carbocycles. The fourth-order valence-corrected chi connectivity index (χ4v) is 11.7. The quantitative estimate of drug-likeness (QED) is 0.0169. The number of allylic oxidation sites excluding steroid dienone is 34. The third-order valence-corrected chi connectivity index (χ3v) is 18.2. The normalized spacial score (nSPS) is 14.9. The fourth-order valence-electron chi connectivity index (χ4n) is 10.1. The van der Waals surface area contributed by atoms with Crippen LogP contribution in [0, 0.1) is 0 Å². The molecule has 0 radical (unpaired) electrons. The van der Waals surface area contributed by atoms with Crippen LogP contribution in [0.2, 0.25) is 0 Å². The number of phosphoric ester groups is 2. The third-order valence-electron chi connectivity index (χ3n) is 16.3. The lowest BCUT2D eigenvalue weighted by molar-refractivity contribution is -0.161. The molecule has 0 amide bonds. The van der Waals surface area contributed by atoms with Crippen molar-refractivity contribution in [2.75, 3.05) is 39.6 Å². The molecule has 0 fully saturated rings. The molecule has 0 bridgehead atoms. The van der Waals surface area contributed by atoms with Crippen LogP contribution < -0.4 is 0 Å². The highest BCUT2D eigenvalue weighted by Crippen LogP contribution is 2.45. The number of carbonyl (C=O) groups is 4. The molecule has 3 N–H and O–H groups in total. The number of hydrogen-bond acceptors (Lipinski definition) is 15. The minimum Gasteiger partial charge on any atom is -0.462 e. The molecule has 0 heterocycles. The van der Waals surface area contributed by atoms with Crippen molar-refractivity contribution in [3.8, 4) is 0 Å². The Morgan fingerprint density at radius 3 is 0.764 bits per heavy atom. The number of ether oxygens (including phenoxy) is 4. The van der Waals surface area contributed by atoms with Gasteiger partial charge in [-0.2, -0.15) is 0 Å². The second-order valence-electron chi connectivity index (χ2n) is 26.6. The summed E-state index contributed by atoms with van der Waals surface area (Å²) >= 11 is 0. The number of carbonyl (C=O) groups excluding carboxylic acids is 4. The minimum absolute atomic E-state index is 0.0239. The van der Waals surface area contributed by atoms with Gasteiger partial charge >= 0.3 is 39.5 Å². The highest BCUT2D eigenvalue weighted by Gasteiger charge is 2.30. The Hall–Kier alpha value is -6.36. The van der Waals surface area contributed by atoms with Crippen LogP contribution in [0.4, 0.5) is 0 Å². The van der Waals surface area contributed by atoms with Crippen molar-refractivity contribution in [1.82, 2.24) is 0 Å². The summed E-state index contributed by atoms with van der Waals surface area (Å²) < 4.78 is 68.5. The molecule has 0 aromatic heterocycles. The maximum absolute atomic E-state index is 13.1. The average Bonchev–Trinajstić information content (AvgIpc) is 0.899. The van der Waals surface area contributed by atoms with Crippen molar-refractivity contribution < 1.29 is 80.2 Å². The van der Waals surface area contributed by atoms with Crippen molar-refractivity contribution >= 4 is 39.5 Å². The summed E-state index contributed by atoms with van der Waals surface area (Å²) in [6.45, 7) is 4.29. The predicted molar refractivity (Wildman–Crippen MR) is 454 cm³/mol. The van der Waals surface area contributed by atoms with Crippen LogP contribution in [0.25, 0.3) is 0 Å². The summed E-state index contributed by atoms with van der Waals surface area (Å²) in [5.74, 6) is -2.42. The van der Waals surface area contributed by atoms with Gasteiger partial charge in [-0.1, -0.05) is 298 Å². The molecule has 0 aliphatic carbocycles. The van der Waals surface area contributed by atoms with E-state index in [9.17, 15) is 43.2 Å². The first-order valence-corrected chi connectivity index (χ1v) is 44.3. The van der Waals surface area contributed by atoms with E-state index in [0.29, 0.717) is 38.5 Å². The maximum atomic E-state index is 13.1. The van der Waals surface area contributed by atoms with Crippen molar-refractivity contribution in [3.05, 3.63) is 207 Å². The van der Waals surface area contributed by atoms with E-state index in [1.165, 1.54) is 19.3 Å². The number of aliphatic hydroxyl groups is 1. The zero-order valence-electron chi connectivity index (χ0n) is 67.8. The predicted octanol–water partition coefficient (Wildman–Crippen LogP) is 24.7. The Balaban J connectivity index is 5.54. The van der Waals surface area contributed by atoms with Gasteiger partial charge in [-0.3, -0.25) is 37.3 Å². The first-order valence-electron chi connectivity index (χ1n) is 41.3. The molecule has 0 aromatic rings. The average molecular weight is 1570 g/mol. The molecular weight excluding hydrogens is 1430 g/mol. The monoisotopic (exact) mass is 1570 g/mol. The highest BCUT2D eigenvalue weighted by atomic mass is 31.2. The standard InChI is InChI=1S/C91H144O17P2/c1-5-9-13-17-21-25-29-33-37-40-42-45-48-51-55-59-63-67-71-75-88(93)101-81-86(107-90(95)77-73-69-65-61-57-53-47-36-32-28-24-20-16-12-8-4)83-105-109(97,98)103-79-85(92)80-104-110(99,100)106-84-87(108-91(96)78-74-70-66-62-58-54-50-44-39-35-31-27-23-19-15-11-7-3)82-102-89(94)76-72-68-64-60-56-52-49-46-43-41-38-34-30-26-22-18-14-10-6-2/h9-11,13-15,21-28,33-39,42-43,45-47,51-52,55-56,63-64,67-68,85-87,92H,5-8,12,16-20,29-32,40-41,44,48-50,53-54,57-62,65-66,69-84H2,1-4H3,(H,97,98)(H,99,100)/b13-9-,14-10-,15-11-,25-21-,26-22-,27-23-,28-24-,37-33-,38-34-,39-35-,45-42-,46-43-,47-36-,55-51-,56-52-,67-63-,68-64-. The van der Waals surface area contributed by atoms with E-state index in [1.54, 1.807) is 0 Å². The molecule has 0 aliphatic heterocycles. The van der Waals surface area contributed by atoms with Crippen molar-refractivity contribution in [2.45, 2.75) is 303 Å². The van der Waals surface area contributed by atoms with Crippen LogP contribution in [0.5, 0.6) is 0 Å². The molecule has 0 spiro atoms. The van der Waals surface area contributed by atoms with E-state index in [0.717, 1.165) is 173 Å². The number of aliphatic hydroxyl groups excluding tert-OH is 1. The molecule has 0 aromatic carbocycles. The Kier molecular flexibility index (Phi) is 76.0. The molecule has 620 valence electrons. The summed E-state index contributed by atoms with van der Waals surface area (Å²) in [6, 6.07) is 0. The lowest BCUT2D eigenvalue weighted by Gasteiger charge is -2.21. The molecule has 19 heteroatoms. The topological polar surface area (TPSA) is 237 Å². The number of rotatable bonds is 75. The van der Waals surface area contributed by atoms with Crippen LogP contribution >= 0.6 is 15.6 Å². The van der Waals surface area contributed by atoms with E-state index in [-0.39, 0.29) is 25.7 Å². The van der Waals surface area contributed by atoms with Gasteiger partial charge in [-0.25, -0.2) is 9.13 Å². The number of hydrogen-bond donors (Lipinski definition) is 3. The first kappa shape index (κ1) is 104. The van der Waals surface area contributed by atoms with Gasteiger partial charge in [0.1, 0.15) is 19.3 Å². The fraction of sp³-hybridized carbons (Fsp3) is 0.582. The molecule has 110 heavy (non-hydrogen) atoms. The van der Waals surface area contributed by atoms with E-state index >= 15 is 0 Å². The molecule has 0 aliphatic rings. The number of unbranched alkanes of at least 4 members (excludes halogenated alkanes) is 15. The Morgan fingerprint density at radius 2 is 0.491 bits per heavy atom. The van der Waals surface area contributed by atoms with Crippen LogP contribution in [-0.2, 0) is 65.4 Å². The van der Waals surface area contributed by atoms with Crippen molar-refractivity contribution in [2.24, 2.45) is 0 Å². The SMILES string of the molecule is CC/C=C\C/C=C\C/C=C\C/C=C\C/C=C\C/C=C\CCC(=O)OCC(COP(=O)(O)OCC(O)COP(=O)(O)OCC(COC(=O)CC/C=C\C/C=C\C/C=C\C/C=C\C/C=C\C/C=C\CC)OC(=O)CCCCCCCCC/C=C\C/C=C\C/C=C\CC)OC(=O)CCCCCCC/C=C\C/C=C\CCCCC. The molecule has 5 atom stereocenters. The summed E-state index contributed by atoms with van der Waals surface area (Å²) in [5.41, 5.74) is 0. The Labute approximate surface area is 665 Å². The maximum Gasteiger partial charge on any atom is 0.472 e. The minimum atomic E-state index is -5.02. The summed E-state index contributed by atoms with van der Waals surface area (Å²) in [5, 5.41) is 10.7. The Bertz CT molecular complexity index is 2900. The second kappa shape index (κ2) is 80.7. The van der Waals surface area contributed by atoms with Crippen LogP contribution in [-0.4, -0.2) is 96.7 Å². The van der Waals surface area contributed by atoms with Crippen molar-refractivity contribution in [1.29, 1.82) is 0 Å². The number of esters is 4. The van der Waals surface area contributed by atoms with Gasteiger partial charge in [0.15, 0.2) is 12.2 Å². The lowest BCUT2D eigenvalue weighted by atomic mass is 10.1. The van der Waals surface area contributed by atoms with Gasteiger partial charge in [0.2, 0.25) is 0 Å². The molecular formula is C91H144O17P2. The second-order valence-corrected chi connectivity index (χ2v) is 29.5. The molecule has 0 rings (SSSR count). The van der Waals surface area contributed by atoms with Gasteiger partial charge in [-0.15, -0.1) is 0 Å². The van der Waals surface area contributed by atoms with E-state index < -0.39 is 97.5 Å². The summed E-state index contributed by atoms with van der Waals surface area (Å²) in [4.78, 5) is 73.1. The lowest BCUT2D eigenvalue weighted by Crippen LogP contribution is -2.30.